The van der Waals surface area contributed by atoms with Crippen LogP contribution >= 0.6 is 0 Å². The third-order valence-electron chi connectivity index (χ3n) is 3.91. The molecule has 6 nitrogen and oxygen atoms in total. The number of nitrogens with one attached hydrogen (secondary N) is 1. The second-order valence-electron chi connectivity index (χ2n) is 5.50. The highest BCUT2D eigenvalue weighted by atomic mass is 16.2. The monoisotopic (exact) mass is 285 g/mol. The minimum absolute atomic E-state index is 0.0170. The van der Waals surface area contributed by atoms with E-state index in [0.29, 0.717) is 5.92 Å². The zero-order valence-corrected chi connectivity index (χ0v) is 12.2. The zero-order chi connectivity index (χ0) is 14.8. The Morgan fingerprint density at radius 3 is 2.71 bits per heavy atom. The van der Waals surface area contributed by atoms with E-state index in [-0.39, 0.29) is 12.1 Å². The Bertz CT molecular complexity index is 618. The van der Waals surface area contributed by atoms with Gasteiger partial charge in [0, 0.05) is 50.2 Å². The summed E-state index contributed by atoms with van der Waals surface area (Å²) in [7, 11) is 1.87. The topological polar surface area (TPSA) is 63.1 Å². The van der Waals surface area contributed by atoms with Crippen molar-refractivity contribution in [3.05, 3.63) is 48.0 Å². The molecule has 1 aliphatic heterocycles. The molecule has 1 aliphatic rings. The first-order valence-corrected chi connectivity index (χ1v) is 7.07. The van der Waals surface area contributed by atoms with Crippen molar-refractivity contribution < 1.29 is 4.79 Å². The Hall–Kier alpha value is -2.37. The molecule has 1 saturated heterocycles. The van der Waals surface area contributed by atoms with Crippen LogP contribution in [-0.2, 0) is 7.05 Å². The number of amides is 2. The number of aromatic nitrogens is 3. The molecule has 21 heavy (non-hydrogen) atoms. The number of aryl methyl sites for hydroxylation is 1. The van der Waals surface area contributed by atoms with Gasteiger partial charge in [-0.15, -0.1) is 0 Å². The van der Waals surface area contributed by atoms with Gasteiger partial charge in [-0.3, -0.25) is 9.67 Å². The van der Waals surface area contributed by atoms with Crippen molar-refractivity contribution >= 4 is 6.03 Å². The lowest BCUT2D eigenvalue weighted by atomic mass is 9.93. The van der Waals surface area contributed by atoms with Crippen LogP contribution in [0.1, 0.15) is 30.0 Å². The Morgan fingerprint density at radius 1 is 1.38 bits per heavy atom. The maximum absolute atomic E-state index is 12.2. The molecule has 0 bridgehead atoms. The molecule has 1 unspecified atom stereocenters. The van der Waals surface area contributed by atoms with Crippen molar-refractivity contribution in [3.8, 4) is 0 Å². The van der Waals surface area contributed by atoms with Gasteiger partial charge in [-0.25, -0.2) is 4.79 Å². The fourth-order valence-electron chi connectivity index (χ4n) is 2.51. The van der Waals surface area contributed by atoms with Crippen LogP contribution in [0, 0.1) is 0 Å². The molecule has 3 rings (SSSR count). The van der Waals surface area contributed by atoms with Gasteiger partial charge in [-0.05, 0) is 24.6 Å². The van der Waals surface area contributed by atoms with E-state index in [1.165, 1.54) is 5.56 Å². The van der Waals surface area contributed by atoms with E-state index >= 15 is 0 Å². The van der Waals surface area contributed by atoms with Gasteiger partial charge in [-0.2, -0.15) is 5.10 Å². The predicted octanol–water partition coefficient (Wildman–Crippen LogP) is 1.69. The summed E-state index contributed by atoms with van der Waals surface area (Å²) in [6, 6.07) is 3.97. The molecule has 1 atom stereocenters. The summed E-state index contributed by atoms with van der Waals surface area (Å²) in [6.07, 6.45) is 7.28. The Balaban J connectivity index is 1.52. The molecule has 0 aromatic carbocycles. The van der Waals surface area contributed by atoms with Crippen LogP contribution < -0.4 is 5.32 Å². The number of rotatable bonds is 3. The normalized spacial score (nSPS) is 16.4. The summed E-state index contributed by atoms with van der Waals surface area (Å²) < 4.78 is 1.74. The van der Waals surface area contributed by atoms with Crippen molar-refractivity contribution in [1.29, 1.82) is 0 Å². The third kappa shape index (κ3) is 2.89. The van der Waals surface area contributed by atoms with E-state index in [1.54, 1.807) is 23.3 Å². The lowest BCUT2D eigenvalue weighted by Crippen LogP contribution is -2.52. The van der Waals surface area contributed by atoms with Crippen LogP contribution in [0.15, 0.2) is 36.9 Å². The Labute approximate surface area is 123 Å². The average Bonchev–Trinajstić information content (AvgIpc) is 2.85. The summed E-state index contributed by atoms with van der Waals surface area (Å²) in [5.41, 5.74) is 2.26. The second-order valence-corrected chi connectivity index (χ2v) is 5.50. The van der Waals surface area contributed by atoms with Gasteiger partial charge >= 0.3 is 6.03 Å². The first-order chi connectivity index (χ1) is 10.1. The molecule has 1 fully saturated rings. The van der Waals surface area contributed by atoms with Crippen LogP contribution in [0.4, 0.5) is 4.79 Å². The number of pyridine rings is 1. The van der Waals surface area contributed by atoms with E-state index < -0.39 is 0 Å². The van der Waals surface area contributed by atoms with E-state index in [2.05, 4.69) is 15.4 Å². The van der Waals surface area contributed by atoms with Gasteiger partial charge in [0.15, 0.2) is 0 Å². The fourth-order valence-corrected chi connectivity index (χ4v) is 2.51. The Morgan fingerprint density at radius 2 is 2.10 bits per heavy atom. The van der Waals surface area contributed by atoms with Crippen molar-refractivity contribution in [3.63, 3.8) is 0 Å². The molecule has 6 heteroatoms. The SMILES string of the molecule is CC(NC(=O)N1CC(c2ccncc2)C1)c1cnn(C)c1. The Kier molecular flexibility index (Phi) is 3.60. The standard InChI is InChI=1S/C15H19N5O/c1-11(13-7-17-19(2)8-13)18-15(21)20-9-14(10-20)12-3-5-16-6-4-12/h3-8,11,14H,9-10H2,1-2H3,(H,18,21). The summed E-state index contributed by atoms with van der Waals surface area (Å²) in [5.74, 6) is 0.424. The summed E-state index contributed by atoms with van der Waals surface area (Å²) in [6.45, 7) is 3.49. The van der Waals surface area contributed by atoms with Gasteiger partial charge in [0.25, 0.3) is 0 Å². The van der Waals surface area contributed by atoms with Gasteiger partial charge < -0.3 is 10.2 Å². The van der Waals surface area contributed by atoms with Crippen molar-refractivity contribution in [1.82, 2.24) is 25.0 Å². The molecule has 2 aromatic rings. The number of nitrogens with zero attached hydrogens (tertiary/aromatic N) is 4. The minimum Gasteiger partial charge on any atom is -0.331 e. The molecular weight excluding hydrogens is 266 g/mol. The lowest BCUT2D eigenvalue weighted by Gasteiger charge is -2.39. The first kappa shape index (κ1) is 13.6. The van der Waals surface area contributed by atoms with Gasteiger partial charge in [-0.1, -0.05) is 0 Å². The summed E-state index contributed by atoms with van der Waals surface area (Å²) in [5, 5.41) is 7.13. The third-order valence-corrected chi connectivity index (χ3v) is 3.91. The molecule has 0 radical (unpaired) electrons. The number of hydrogen-bond donors (Lipinski definition) is 1. The number of carbonyl (C=O) groups is 1. The van der Waals surface area contributed by atoms with Crippen molar-refractivity contribution in [2.24, 2.45) is 7.05 Å². The fraction of sp³-hybridized carbons (Fsp3) is 0.400. The molecular formula is C15H19N5O. The summed E-state index contributed by atoms with van der Waals surface area (Å²) >= 11 is 0. The number of likely N-dealkylation sites (tertiary alicyclic amines) is 1. The largest absolute Gasteiger partial charge is 0.331 e. The number of hydrogen-bond acceptors (Lipinski definition) is 3. The molecule has 0 saturated carbocycles. The highest BCUT2D eigenvalue weighted by Crippen LogP contribution is 2.26. The average molecular weight is 285 g/mol. The highest BCUT2D eigenvalue weighted by molar-refractivity contribution is 5.75. The zero-order valence-electron chi connectivity index (χ0n) is 12.2. The van der Waals surface area contributed by atoms with E-state index in [0.717, 1.165) is 18.7 Å². The van der Waals surface area contributed by atoms with Crippen LogP contribution in [0.2, 0.25) is 0 Å². The van der Waals surface area contributed by atoms with Crippen LogP contribution in [0.5, 0.6) is 0 Å². The number of carbonyl (C=O) groups excluding carboxylic acids is 1. The van der Waals surface area contributed by atoms with E-state index in [1.807, 2.05) is 37.2 Å². The quantitative estimate of drug-likeness (QED) is 0.933. The molecule has 2 aromatic heterocycles. The smallest absolute Gasteiger partial charge is 0.317 e. The minimum atomic E-state index is -0.0359. The van der Waals surface area contributed by atoms with E-state index in [9.17, 15) is 4.79 Å². The molecule has 0 aliphatic carbocycles. The van der Waals surface area contributed by atoms with Crippen molar-refractivity contribution in [2.75, 3.05) is 13.1 Å². The summed E-state index contributed by atoms with van der Waals surface area (Å²) in [4.78, 5) is 18.0. The highest BCUT2D eigenvalue weighted by Gasteiger charge is 2.32. The van der Waals surface area contributed by atoms with Gasteiger partial charge in [0.1, 0.15) is 0 Å². The second kappa shape index (κ2) is 5.55. The molecule has 110 valence electrons. The lowest BCUT2D eigenvalue weighted by molar-refractivity contribution is 0.148. The molecule has 2 amide bonds. The van der Waals surface area contributed by atoms with Crippen LogP contribution in [0.25, 0.3) is 0 Å². The van der Waals surface area contributed by atoms with Crippen molar-refractivity contribution in [2.45, 2.75) is 18.9 Å². The van der Waals surface area contributed by atoms with Crippen LogP contribution in [-0.4, -0.2) is 38.8 Å². The van der Waals surface area contributed by atoms with Gasteiger partial charge in [0.2, 0.25) is 0 Å². The van der Waals surface area contributed by atoms with Crippen LogP contribution in [0.3, 0.4) is 0 Å². The van der Waals surface area contributed by atoms with Gasteiger partial charge in [0.05, 0.1) is 12.2 Å². The maximum Gasteiger partial charge on any atom is 0.317 e. The molecule has 3 heterocycles. The number of urea groups is 1. The first-order valence-electron chi connectivity index (χ1n) is 7.07. The maximum atomic E-state index is 12.2. The molecule has 1 N–H and O–H groups in total. The van der Waals surface area contributed by atoms with E-state index in [4.69, 9.17) is 0 Å². The molecule has 0 spiro atoms. The predicted molar refractivity (Wildman–Crippen MR) is 78.7 cm³/mol.